The van der Waals surface area contributed by atoms with Gasteiger partial charge in [-0.2, -0.15) is 0 Å². The van der Waals surface area contributed by atoms with Gasteiger partial charge in [0.15, 0.2) is 0 Å². The van der Waals surface area contributed by atoms with Crippen molar-refractivity contribution >= 4 is 16.0 Å². The minimum atomic E-state index is -3.74. The number of carbonyl (C=O) groups excluding carboxylic acids is 1. The molecular formula is C17H19NO4S. The van der Waals surface area contributed by atoms with E-state index in [0.29, 0.717) is 0 Å². The Morgan fingerprint density at radius 1 is 1.13 bits per heavy atom. The van der Waals surface area contributed by atoms with Crippen LogP contribution in [0.2, 0.25) is 0 Å². The molecule has 2 aromatic rings. The lowest BCUT2D eigenvalue weighted by molar-refractivity contribution is 0.0600. The summed E-state index contributed by atoms with van der Waals surface area (Å²) in [7, 11) is -2.49. The monoisotopic (exact) mass is 333 g/mol. The molecule has 122 valence electrons. The highest BCUT2D eigenvalue weighted by Gasteiger charge is 2.19. The van der Waals surface area contributed by atoms with Crippen molar-refractivity contribution in [3.05, 3.63) is 65.2 Å². The lowest BCUT2D eigenvalue weighted by Gasteiger charge is -2.15. The van der Waals surface area contributed by atoms with Gasteiger partial charge in [0.1, 0.15) is 0 Å². The SMILES string of the molecule is COC(=O)c1cccc(S(=O)(=O)N[C@@H](C)c2ccc(C)cc2)c1. The lowest BCUT2D eigenvalue weighted by Crippen LogP contribution is -2.27. The molecule has 2 rings (SSSR count). The average Bonchev–Trinajstić information content (AvgIpc) is 2.54. The Morgan fingerprint density at radius 2 is 1.78 bits per heavy atom. The van der Waals surface area contributed by atoms with Crippen LogP contribution in [0.15, 0.2) is 53.4 Å². The summed E-state index contributed by atoms with van der Waals surface area (Å²) in [5.74, 6) is -0.575. The standard InChI is InChI=1S/C17H19NO4S/c1-12-7-9-14(10-8-12)13(2)18-23(20,21)16-6-4-5-15(11-16)17(19)22-3/h4-11,13,18H,1-3H3/t13-/m0/s1. The van der Waals surface area contributed by atoms with Crippen LogP contribution in [-0.2, 0) is 14.8 Å². The molecule has 1 N–H and O–H groups in total. The fourth-order valence-electron chi connectivity index (χ4n) is 2.13. The molecule has 2 aromatic carbocycles. The van der Waals surface area contributed by atoms with Crippen LogP contribution in [0.1, 0.15) is 34.5 Å². The Morgan fingerprint density at radius 3 is 2.39 bits per heavy atom. The second-order valence-electron chi connectivity index (χ2n) is 5.27. The predicted octanol–water partition coefficient (Wildman–Crippen LogP) is 2.82. The zero-order chi connectivity index (χ0) is 17.0. The van der Waals surface area contributed by atoms with Crippen molar-refractivity contribution in [2.75, 3.05) is 7.11 Å². The number of esters is 1. The first-order valence-electron chi connectivity index (χ1n) is 7.11. The molecule has 0 fully saturated rings. The Labute approximate surface area is 136 Å². The molecule has 0 unspecified atom stereocenters. The number of sulfonamides is 1. The molecule has 0 aromatic heterocycles. The van der Waals surface area contributed by atoms with Crippen LogP contribution >= 0.6 is 0 Å². The van der Waals surface area contributed by atoms with Crippen LogP contribution in [0.3, 0.4) is 0 Å². The highest BCUT2D eigenvalue weighted by molar-refractivity contribution is 7.89. The Hall–Kier alpha value is -2.18. The number of ether oxygens (including phenoxy) is 1. The van der Waals surface area contributed by atoms with Gasteiger partial charge in [-0.25, -0.2) is 17.9 Å². The van der Waals surface area contributed by atoms with Gasteiger partial charge in [-0.1, -0.05) is 35.9 Å². The molecule has 0 aliphatic heterocycles. The third-order valence-corrected chi connectivity index (χ3v) is 5.01. The quantitative estimate of drug-likeness (QED) is 0.854. The van der Waals surface area contributed by atoms with Gasteiger partial charge >= 0.3 is 5.97 Å². The summed E-state index contributed by atoms with van der Waals surface area (Å²) in [5, 5.41) is 0. The maximum atomic E-state index is 12.5. The fourth-order valence-corrected chi connectivity index (χ4v) is 3.41. The molecule has 23 heavy (non-hydrogen) atoms. The molecule has 0 aliphatic rings. The molecule has 0 bridgehead atoms. The minimum absolute atomic E-state index is 0.0272. The maximum Gasteiger partial charge on any atom is 0.337 e. The van der Waals surface area contributed by atoms with Crippen LogP contribution in [0, 0.1) is 6.92 Å². The zero-order valence-electron chi connectivity index (χ0n) is 13.2. The topological polar surface area (TPSA) is 72.5 Å². The van der Waals surface area contributed by atoms with Crippen LogP contribution in [0.25, 0.3) is 0 Å². The van der Waals surface area contributed by atoms with E-state index in [4.69, 9.17) is 0 Å². The highest BCUT2D eigenvalue weighted by atomic mass is 32.2. The first kappa shape index (κ1) is 17.2. The number of hydrogen-bond acceptors (Lipinski definition) is 4. The predicted molar refractivity (Wildman–Crippen MR) is 87.7 cm³/mol. The molecule has 1 atom stereocenters. The second-order valence-corrected chi connectivity index (χ2v) is 6.99. The van der Waals surface area contributed by atoms with E-state index < -0.39 is 16.0 Å². The van der Waals surface area contributed by atoms with E-state index in [1.807, 2.05) is 31.2 Å². The summed E-state index contributed by atoms with van der Waals surface area (Å²) in [6.07, 6.45) is 0. The van der Waals surface area contributed by atoms with Gasteiger partial charge in [0.05, 0.1) is 17.6 Å². The van der Waals surface area contributed by atoms with E-state index in [1.165, 1.54) is 31.4 Å². The number of rotatable bonds is 5. The van der Waals surface area contributed by atoms with Gasteiger partial charge < -0.3 is 4.74 Å². The van der Waals surface area contributed by atoms with Gasteiger partial charge in [0.25, 0.3) is 0 Å². The number of nitrogens with one attached hydrogen (secondary N) is 1. The highest BCUT2D eigenvalue weighted by Crippen LogP contribution is 2.18. The van der Waals surface area contributed by atoms with Gasteiger partial charge in [-0.15, -0.1) is 0 Å². The van der Waals surface area contributed by atoms with E-state index in [9.17, 15) is 13.2 Å². The van der Waals surface area contributed by atoms with E-state index in [1.54, 1.807) is 6.92 Å². The number of hydrogen-bond donors (Lipinski definition) is 1. The molecule has 0 aliphatic carbocycles. The van der Waals surface area contributed by atoms with Crippen molar-refractivity contribution in [1.29, 1.82) is 0 Å². The molecule has 0 heterocycles. The molecule has 0 saturated carbocycles. The molecule has 0 radical (unpaired) electrons. The summed E-state index contributed by atoms with van der Waals surface area (Å²) in [4.78, 5) is 11.6. The van der Waals surface area contributed by atoms with Crippen molar-refractivity contribution in [2.45, 2.75) is 24.8 Å². The van der Waals surface area contributed by atoms with Crippen molar-refractivity contribution in [3.63, 3.8) is 0 Å². The second kappa shape index (κ2) is 6.93. The van der Waals surface area contributed by atoms with E-state index in [0.717, 1.165) is 11.1 Å². The van der Waals surface area contributed by atoms with E-state index in [2.05, 4.69) is 9.46 Å². The number of methoxy groups -OCH3 is 1. The Kier molecular flexibility index (Phi) is 5.18. The molecule has 5 nitrogen and oxygen atoms in total. The summed E-state index contributed by atoms with van der Waals surface area (Å²) >= 11 is 0. The van der Waals surface area contributed by atoms with Crippen molar-refractivity contribution < 1.29 is 17.9 Å². The summed E-state index contributed by atoms with van der Waals surface area (Å²) in [6.45, 7) is 3.74. The maximum absolute atomic E-state index is 12.5. The molecule has 0 amide bonds. The minimum Gasteiger partial charge on any atom is -0.465 e. The first-order valence-corrected chi connectivity index (χ1v) is 8.59. The van der Waals surface area contributed by atoms with Gasteiger partial charge in [0.2, 0.25) is 10.0 Å². The summed E-state index contributed by atoms with van der Waals surface area (Å²) in [5.41, 5.74) is 2.16. The molecular weight excluding hydrogens is 314 g/mol. The van der Waals surface area contributed by atoms with Gasteiger partial charge in [0, 0.05) is 6.04 Å². The van der Waals surface area contributed by atoms with Crippen molar-refractivity contribution in [3.8, 4) is 0 Å². The largest absolute Gasteiger partial charge is 0.465 e. The van der Waals surface area contributed by atoms with Crippen molar-refractivity contribution in [1.82, 2.24) is 4.72 Å². The average molecular weight is 333 g/mol. The number of benzene rings is 2. The van der Waals surface area contributed by atoms with Crippen LogP contribution < -0.4 is 4.72 Å². The lowest BCUT2D eigenvalue weighted by atomic mass is 10.1. The van der Waals surface area contributed by atoms with Gasteiger partial charge in [-0.05, 0) is 37.6 Å². The zero-order valence-corrected chi connectivity index (χ0v) is 14.1. The molecule has 0 saturated heterocycles. The molecule has 6 heteroatoms. The smallest absolute Gasteiger partial charge is 0.337 e. The number of aryl methyl sites for hydroxylation is 1. The van der Waals surface area contributed by atoms with E-state index >= 15 is 0 Å². The molecule has 0 spiro atoms. The number of carbonyl (C=O) groups is 1. The third-order valence-electron chi connectivity index (χ3n) is 3.47. The van der Waals surface area contributed by atoms with E-state index in [-0.39, 0.29) is 16.5 Å². The Balaban J connectivity index is 2.24. The Bertz CT molecular complexity index is 798. The first-order chi connectivity index (χ1) is 10.8. The van der Waals surface area contributed by atoms with Crippen LogP contribution in [0.4, 0.5) is 0 Å². The van der Waals surface area contributed by atoms with Crippen LogP contribution in [-0.4, -0.2) is 21.5 Å². The normalized spacial score (nSPS) is 12.7. The third kappa shape index (κ3) is 4.18. The van der Waals surface area contributed by atoms with Gasteiger partial charge in [-0.3, -0.25) is 0 Å². The van der Waals surface area contributed by atoms with Crippen LogP contribution in [0.5, 0.6) is 0 Å². The van der Waals surface area contributed by atoms with Crippen molar-refractivity contribution in [2.24, 2.45) is 0 Å². The fraction of sp³-hybridized carbons (Fsp3) is 0.235. The summed E-state index contributed by atoms with van der Waals surface area (Å²) < 4.78 is 32.2. The summed E-state index contributed by atoms with van der Waals surface area (Å²) in [6, 6.07) is 13.0.